The lowest BCUT2D eigenvalue weighted by atomic mass is 10.2. The van der Waals surface area contributed by atoms with Crippen LogP contribution >= 0.6 is 0 Å². The molecule has 0 bridgehead atoms. The molecule has 10 heteroatoms. The highest BCUT2D eigenvalue weighted by molar-refractivity contribution is 7.91. The van der Waals surface area contributed by atoms with Gasteiger partial charge in [0.2, 0.25) is 0 Å². The first-order chi connectivity index (χ1) is 11.2. The van der Waals surface area contributed by atoms with E-state index in [0.29, 0.717) is 10.7 Å². The number of hydrogen-bond acceptors (Lipinski definition) is 6. The van der Waals surface area contributed by atoms with Gasteiger partial charge in [-0.15, -0.1) is 0 Å². The lowest BCUT2D eigenvalue weighted by Crippen LogP contribution is -2.29. The Morgan fingerprint density at radius 3 is 2.58 bits per heavy atom. The molecule has 0 radical (unpaired) electrons. The van der Waals surface area contributed by atoms with E-state index in [0.717, 1.165) is 7.11 Å². The molecule has 1 aromatic carbocycles. The van der Waals surface area contributed by atoms with Crippen molar-refractivity contribution >= 4 is 32.8 Å². The first kappa shape index (κ1) is 20.5. The number of nitrogens with zero attached hydrogens (tertiary/aromatic N) is 1. The first-order valence-electron chi connectivity index (χ1n) is 7.17. The van der Waals surface area contributed by atoms with Crippen LogP contribution in [0.2, 0.25) is 0 Å². The van der Waals surface area contributed by atoms with Crippen molar-refractivity contribution < 1.29 is 31.1 Å². The molecule has 0 N–H and O–H groups in total. The molecule has 1 unspecified atom stereocenters. The highest BCUT2D eigenvalue weighted by Gasteiger charge is 2.20. The number of halogens is 1. The van der Waals surface area contributed by atoms with Crippen LogP contribution in [0.3, 0.4) is 0 Å². The monoisotopic (exact) mass is 380 g/mol. The molecule has 0 amide bonds. The smallest absolute Gasteiger partial charge is 0.340 e. The second-order valence-electron chi connectivity index (χ2n) is 4.95. The maximum atomic E-state index is 14.4. The predicted molar refractivity (Wildman–Crippen MR) is 87.6 cm³/mol. The van der Waals surface area contributed by atoms with Gasteiger partial charge < -0.3 is 9.29 Å². The SMILES string of the molecule is CCCS(=O)(=O)CCCN(c1cccc(C(=O)OC)c1F)S(=O)[O-]. The highest BCUT2D eigenvalue weighted by Crippen LogP contribution is 2.24. The summed E-state index contributed by atoms with van der Waals surface area (Å²) in [7, 11) is -2.19. The van der Waals surface area contributed by atoms with E-state index in [9.17, 15) is 26.4 Å². The summed E-state index contributed by atoms with van der Waals surface area (Å²) in [5.41, 5.74) is -0.733. The molecule has 7 nitrogen and oxygen atoms in total. The third-order valence-corrected chi connectivity index (χ3v) is 5.84. The van der Waals surface area contributed by atoms with Crippen LogP contribution < -0.4 is 4.31 Å². The summed E-state index contributed by atoms with van der Waals surface area (Å²) in [4.78, 5) is 11.5. The molecule has 136 valence electrons. The van der Waals surface area contributed by atoms with E-state index in [1.165, 1.54) is 18.2 Å². The van der Waals surface area contributed by atoms with E-state index in [-0.39, 0.29) is 30.2 Å². The van der Waals surface area contributed by atoms with Gasteiger partial charge in [-0.25, -0.2) is 17.6 Å². The fourth-order valence-electron chi connectivity index (χ4n) is 2.10. The molecular weight excluding hydrogens is 361 g/mol. The van der Waals surface area contributed by atoms with Crippen LogP contribution in [0.15, 0.2) is 18.2 Å². The minimum absolute atomic E-state index is 0.0121. The lowest BCUT2D eigenvalue weighted by Gasteiger charge is -2.27. The van der Waals surface area contributed by atoms with Gasteiger partial charge in [-0.05, 0) is 25.0 Å². The van der Waals surface area contributed by atoms with Crippen LogP contribution in [0.5, 0.6) is 0 Å². The normalized spacial score (nSPS) is 12.7. The molecule has 0 saturated carbocycles. The Bertz CT molecular complexity index is 707. The van der Waals surface area contributed by atoms with Gasteiger partial charge >= 0.3 is 5.97 Å². The van der Waals surface area contributed by atoms with Crippen LogP contribution in [0.4, 0.5) is 10.1 Å². The number of ether oxygens (including phenoxy) is 1. The number of sulfone groups is 1. The van der Waals surface area contributed by atoms with E-state index < -0.39 is 38.5 Å². The van der Waals surface area contributed by atoms with Crippen LogP contribution in [0, 0.1) is 5.82 Å². The summed E-state index contributed by atoms with van der Waals surface area (Å²) in [5.74, 6) is -2.16. The zero-order valence-electron chi connectivity index (χ0n) is 13.4. The number of esters is 1. The second-order valence-corrected chi connectivity index (χ2v) is 8.13. The predicted octanol–water partition coefficient (Wildman–Crippen LogP) is 1.43. The zero-order valence-corrected chi connectivity index (χ0v) is 15.0. The molecule has 0 aliphatic carbocycles. The number of benzene rings is 1. The number of anilines is 1. The van der Waals surface area contributed by atoms with Crippen LogP contribution in [0.25, 0.3) is 0 Å². The van der Waals surface area contributed by atoms with E-state index in [1.807, 2.05) is 0 Å². The average molecular weight is 380 g/mol. The van der Waals surface area contributed by atoms with Crippen molar-refractivity contribution in [3.05, 3.63) is 29.6 Å². The third kappa shape index (κ3) is 5.53. The standard InChI is InChI=1S/C14H20FNO6S2/c1-3-9-24(20,21)10-5-8-16(23(18)19)12-7-4-6-11(13(12)15)14(17)22-2/h4,6-7H,3,5,8-10H2,1-2H3,(H,18,19)/p-1. The summed E-state index contributed by atoms with van der Waals surface area (Å²) >= 11 is -2.82. The molecule has 1 rings (SSSR count). The third-order valence-electron chi connectivity index (χ3n) is 3.16. The van der Waals surface area contributed by atoms with Crippen molar-refractivity contribution in [2.24, 2.45) is 0 Å². The maximum Gasteiger partial charge on any atom is 0.340 e. The topological polar surface area (TPSA) is 104 Å². The molecule has 1 aromatic rings. The summed E-state index contributed by atoms with van der Waals surface area (Å²) in [6, 6.07) is 3.68. The Hall–Kier alpha value is -1.52. The van der Waals surface area contributed by atoms with Crippen molar-refractivity contribution in [2.45, 2.75) is 19.8 Å². The van der Waals surface area contributed by atoms with E-state index in [1.54, 1.807) is 6.92 Å². The second kappa shape index (κ2) is 9.09. The fraction of sp³-hybridized carbons (Fsp3) is 0.500. The van der Waals surface area contributed by atoms with Crippen molar-refractivity contribution in [1.82, 2.24) is 0 Å². The van der Waals surface area contributed by atoms with E-state index >= 15 is 0 Å². The van der Waals surface area contributed by atoms with Crippen molar-refractivity contribution in [1.29, 1.82) is 0 Å². The van der Waals surface area contributed by atoms with E-state index in [2.05, 4.69) is 4.74 Å². The van der Waals surface area contributed by atoms with Gasteiger partial charge in [0, 0.05) is 23.6 Å². The van der Waals surface area contributed by atoms with Crippen LogP contribution in [0.1, 0.15) is 30.1 Å². The number of hydrogen-bond donors (Lipinski definition) is 0. The van der Waals surface area contributed by atoms with Crippen molar-refractivity contribution in [2.75, 3.05) is 29.5 Å². The van der Waals surface area contributed by atoms with Crippen LogP contribution in [-0.4, -0.2) is 48.3 Å². The molecule has 1 atom stereocenters. The fourth-order valence-corrected chi connectivity index (χ4v) is 4.07. The minimum Gasteiger partial charge on any atom is -0.755 e. The first-order valence-corrected chi connectivity index (χ1v) is 10.0. The largest absolute Gasteiger partial charge is 0.755 e. The molecule has 0 aliphatic rings. The Kier molecular flexibility index (Phi) is 7.77. The molecule has 0 fully saturated rings. The van der Waals surface area contributed by atoms with Gasteiger partial charge in [0.25, 0.3) is 0 Å². The molecular formula is C14H19FNO6S2-. The molecule has 0 heterocycles. The van der Waals surface area contributed by atoms with Gasteiger partial charge in [0.05, 0.1) is 24.1 Å². The van der Waals surface area contributed by atoms with Gasteiger partial charge in [-0.3, -0.25) is 8.51 Å². The molecule has 0 spiro atoms. The van der Waals surface area contributed by atoms with Gasteiger partial charge in [0.15, 0.2) is 5.82 Å². The maximum absolute atomic E-state index is 14.4. The Labute approximate surface area is 143 Å². The summed E-state index contributed by atoms with van der Waals surface area (Å²) < 4.78 is 65.6. The Morgan fingerprint density at radius 1 is 1.38 bits per heavy atom. The summed E-state index contributed by atoms with van der Waals surface area (Å²) in [5, 5.41) is 0. The van der Waals surface area contributed by atoms with E-state index in [4.69, 9.17) is 0 Å². The Morgan fingerprint density at radius 2 is 2.04 bits per heavy atom. The van der Waals surface area contributed by atoms with Crippen LogP contribution in [-0.2, 0) is 25.8 Å². The number of rotatable bonds is 9. The molecule has 0 aromatic heterocycles. The lowest BCUT2D eigenvalue weighted by molar-refractivity contribution is 0.0595. The summed E-state index contributed by atoms with van der Waals surface area (Å²) in [6.45, 7) is 1.50. The number of carbonyl (C=O) groups excluding carboxylic acids is 1. The van der Waals surface area contributed by atoms with Crippen molar-refractivity contribution in [3.8, 4) is 0 Å². The minimum atomic E-state index is -3.27. The molecule has 24 heavy (non-hydrogen) atoms. The van der Waals surface area contributed by atoms with Crippen molar-refractivity contribution in [3.63, 3.8) is 0 Å². The van der Waals surface area contributed by atoms with Gasteiger partial charge in [-0.2, -0.15) is 0 Å². The summed E-state index contributed by atoms with van der Waals surface area (Å²) in [6.07, 6.45) is 0.480. The average Bonchev–Trinajstić information content (AvgIpc) is 2.51. The molecule has 0 aliphatic heterocycles. The quantitative estimate of drug-likeness (QED) is 0.474. The number of methoxy groups -OCH3 is 1. The number of carbonyl (C=O) groups is 1. The zero-order chi connectivity index (χ0) is 18.3. The molecule has 0 saturated heterocycles. The Balaban J connectivity index is 2.98. The highest BCUT2D eigenvalue weighted by atomic mass is 32.2. The van der Waals surface area contributed by atoms with Gasteiger partial charge in [0.1, 0.15) is 9.84 Å². The van der Waals surface area contributed by atoms with Gasteiger partial charge in [-0.1, -0.05) is 13.0 Å².